The smallest absolute Gasteiger partial charge is 0.408 e. The minimum absolute atomic E-state index is 1.58. The largest absolute Gasteiger partial charge is 0.743 e. The first-order valence-corrected chi connectivity index (χ1v) is 4.56. The van der Waals surface area contributed by atoms with Crippen LogP contribution in [0.25, 0.3) is 0 Å². The van der Waals surface area contributed by atoms with Crippen LogP contribution in [-0.4, -0.2) is 23.5 Å². The van der Waals surface area contributed by atoms with Crippen LogP contribution < -0.4 is 5.26 Å². The van der Waals surface area contributed by atoms with Crippen LogP contribution in [0.1, 0.15) is 0 Å². The van der Waals surface area contributed by atoms with Gasteiger partial charge in [-0.1, -0.05) is 0 Å². The molecule has 86 valence electrons. The van der Waals surface area contributed by atoms with Crippen molar-refractivity contribution in [3.05, 3.63) is 0 Å². The lowest BCUT2D eigenvalue weighted by Crippen LogP contribution is -2.44. The highest BCUT2D eigenvalue weighted by molar-refractivity contribution is 7.97. The number of hydrogen-bond acceptors (Lipinski definition) is 7. The minimum Gasteiger partial charge on any atom is -0.743 e. The lowest BCUT2D eigenvalue weighted by molar-refractivity contribution is -0.777. The Labute approximate surface area is 78.6 Å². The zero-order valence-corrected chi connectivity index (χ0v) is 7.41. The van der Waals surface area contributed by atoms with E-state index in [0.29, 0.717) is 0 Å². The molecule has 0 spiro atoms. The number of hydrogen-bond donors (Lipinski definition) is 0. The summed E-state index contributed by atoms with van der Waals surface area (Å²) in [5.41, 5.74) is 0. The van der Waals surface area contributed by atoms with Crippen LogP contribution in [0.5, 0.6) is 0 Å². The molecule has 0 aromatic carbocycles. The Morgan fingerprint density at radius 2 is 1.64 bits per heavy atom. The van der Waals surface area contributed by atoms with E-state index >= 15 is 0 Å². The molecule has 0 aliphatic heterocycles. The molecule has 0 bridgehead atoms. The standard InChI is InChI=1S/C2H2F4O6S2/c3-1(4,13-12-11-7)2(5,6)14(8,9)10/h7H,(H,8,9,10)/p-2. The summed E-state index contributed by atoms with van der Waals surface area (Å²) in [5, 5.41) is -0.0535. The lowest BCUT2D eigenvalue weighted by atomic mass is 10.7. The summed E-state index contributed by atoms with van der Waals surface area (Å²) < 4.78 is 80.5. The first kappa shape index (κ1) is 13.9. The zero-order chi connectivity index (χ0) is 11.6. The molecule has 0 saturated heterocycles. The fourth-order valence-corrected chi connectivity index (χ4v) is 1.16. The predicted octanol–water partition coefficient (Wildman–Crippen LogP) is -0.411. The summed E-state index contributed by atoms with van der Waals surface area (Å²) in [7, 11) is -6.58. The normalized spacial score (nSPS) is 14.4. The Balaban J connectivity index is 4.88. The molecule has 0 aromatic heterocycles. The van der Waals surface area contributed by atoms with E-state index in [1.54, 1.807) is 0 Å². The average molecular weight is 260 g/mol. The van der Waals surface area contributed by atoms with Crippen LogP contribution in [0.4, 0.5) is 17.6 Å². The lowest BCUT2D eigenvalue weighted by Gasteiger charge is -2.26. The van der Waals surface area contributed by atoms with Crippen LogP contribution in [0.3, 0.4) is 0 Å². The average Bonchev–Trinajstić information content (AvgIpc) is 1.98. The van der Waals surface area contributed by atoms with Gasteiger partial charge in [0.25, 0.3) is 0 Å². The van der Waals surface area contributed by atoms with Gasteiger partial charge in [0.05, 0.1) is 0 Å². The molecule has 0 aromatic rings. The van der Waals surface area contributed by atoms with E-state index in [9.17, 15) is 30.5 Å². The highest BCUT2D eigenvalue weighted by atomic mass is 32.2. The summed E-state index contributed by atoms with van der Waals surface area (Å²) in [6.45, 7) is 0. The summed E-state index contributed by atoms with van der Waals surface area (Å²) in [5.74, 6) is 0. The monoisotopic (exact) mass is 260 g/mol. The Morgan fingerprint density at radius 3 is 1.93 bits per heavy atom. The molecule has 0 aliphatic rings. The van der Waals surface area contributed by atoms with Crippen molar-refractivity contribution in [1.82, 2.24) is 0 Å². The van der Waals surface area contributed by atoms with Crippen molar-refractivity contribution < 1.29 is 45.2 Å². The van der Waals surface area contributed by atoms with Crippen molar-refractivity contribution >= 4 is 22.2 Å². The Hall–Kier alpha value is -0.140. The molecule has 0 fully saturated rings. The van der Waals surface area contributed by atoms with Crippen molar-refractivity contribution in [3.8, 4) is 0 Å². The van der Waals surface area contributed by atoms with Crippen molar-refractivity contribution in [2.24, 2.45) is 0 Å². The van der Waals surface area contributed by atoms with Gasteiger partial charge in [-0.05, 0) is 0 Å². The maximum Gasteiger partial charge on any atom is 0.408 e. The van der Waals surface area contributed by atoms with Gasteiger partial charge < -0.3 is 9.81 Å². The summed E-state index contributed by atoms with van der Waals surface area (Å²) in [6, 6.07) is 0. The summed E-state index contributed by atoms with van der Waals surface area (Å²) in [4.78, 5) is 0. The molecule has 6 nitrogen and oxygen atoms in total. The number of halogens is 4. The Morgan fingerprint density at radius 1 is 1.21 bits per heavy atom. The van der Waals surface area contributed by atoms with Crippen LogP contribution in [0.2, 0.25) is 0 Å². The van der Waals surface area contributed by atoms with Crippen LogP contribution in [0, 0.1) is 0 Å². The second-order valence-electron chi connectivity index (χ2n) is 1.71. The van der Waals surface area contributed by atoms with Gasteiger partial charge in [-0.15, -0.1) is 0 Å². The first-order chi connectivity index (χ1) is 6.06. The van der Waals surface area contributed by atoms with Gasteiger partial charge >= 0.3 is 10.5 Å². The van der Waals surface area contributed by atoms with Gasteiger partial charge in [0.15, 0.2) is 10.1 Å². The van der Waals surface area contributed by atoms with Crippen molar-refractivity contribution in [2.45, 2.75) is 10.5 Å². The highest BCUT2D eigenvalue weighted by Crippen LogP contribution is 2.46. The van der Waals surface area contributed by atoms with E-state index < -0.39 is 32.7 Å². The molecule has 0 radical (unpaired) electrons. The maximum absolute atomic E-state index is 12.2. The van der Waals surface area contributed by atoms with Gasteiger partial charge in [0.1, 0.15) is 12.0 Å². The second kappa shape index (κ2) is 4.16. The molecule has 0 unspecified atom stereocenters. The Bertz CT molecular complexity index is 286. The van der Waals surface area contributed by atoms with Crippen molar-refractivity contribution in [1.29, 1.82) is 0 Å². The number of alkyl halides is 4. The third kappa shape index (κ3) is 2.68. The summed E-state index contributed by atoms with van der Waals surface area (Å²) in [6.07, 6.45) is 0. The molecule has 0 amide bonds. The third-order valence-electron chi connectivity index (χ3n) is 0.819. The fraction of sp³-hybridized carbons (Fsp3) is 1.00. The molecule has 0 heterocycles. The van der Waals surface area contributed by atoms with Gasteiger partial charge in [-0.2, -0.15) is 21.9 Å². The molecule has 0 aliphatic carbocycles. The molecule has 12 heteroatoms. The molecular formula is C2F4O6S2-2. The topological polar surface area (TPSA) is 98.7 Å². The van der Waals surface area contributed by atoms with Crippen LogP contribution in [0.15, 0.2) is 0 Å². The predicted molar refractivity (Wildman–Crippen MR) is 29.4 cm³/mol. The minimum atomic E-state index is -6.58. The molecular weight excluding hydrogens is 260 g/mol. The van der Waals surface area contributed by atoms with E-state index in [1.807, 2.05) is 0 Å². The maximum atomic E-state index is 12.2. The summed E-state index contributed by atoms with van der Waals surface area (Å²) >= 11 is -1.58. The van der Waals surface area contributed by atoms with E-state index in [4.69, 9.17) is 5.26 Å². The quantitative estimate of drug-likeness (QED) is 0.218. The Kier molecular flexibility index (Phi) is 4.12. The SMILES string of the molecule is O=S(=O)([O-])C(F)(F)C(F)(F)SOO[O-]. The second-order valence-corrected chi connectivity index (χ2v) is 3.94. The van der Waals surface area contributed by atoms with E-state index in [-0.39, 0.29) is 0 Å². The van der Waals surface area contributed by atoms with Gasteiger partial charge in [-0.3, -0.25) is 5.04 Å². The van der Waals surface area contributed by atoms with E-state index in [0.717, 1.165) is 0 Å². The first-order valence-electron chi connectivity index (χ1n) is 2.41. The van der Waals surface area contributed by atoms with Crippen molar-refractivity contribution in [2.75, 3.05) is 0 Å². The molecule has 0 rings (SSSR count). The van der Waals surface area contributed by atoms with Crippen LogP contribution in [-0.2, 0) is 19.5 Å². The third-order valence-corrected chi connectivity index (χ3v) is 2.42. The van der Waals surface area contributed by atoms with Gasteiger partial charge in [0.2, 0.25) is 0 Å². The number of rotatable bonds is 5. The molecule has 0 atom stereocenters. The van der Waals surface area contributed by atoms with E-state index in [1.165, 1.54) is 0 Å². The molecule has 14 heavy (non-hydrogen) atoms. The molecule has 0 N–H and O–H groups in total. The van der Waals surface area contributed by atoms with Gasteiger partial charge in [-0.25, -0.2) is 8.42 Å². The fourth-order valence-electron chi connectivity index (χ4n) is 0.251. The van der Waals surface area contributed by atoms with Crippen molar-refractivity contribution in [3.63, 3.8) is 0 Å². The van der Waals surface area contributed by atoms with Crippen LogP contribution >= 0.6 is 12.0 Å². The van der Waals surface area contributed by atoms with E-state index in [2.05, 4.69) is 9.37 Å². The zero-order valence-electron chi connectivity index (χ0n) is 5.78. The van der Waals surface area contributed by atoms with Gasteiger partial charge in [0, 0.05) is 0 Å². The highest BCUT2D eigenvalue weighted by Gasteiger charge is 2.63. The molecule has 0 saturated carbocycles.